The molecule has 0 radical (unpaired) electrons. The Morgan fingerprint density at radius 2 is 2.27 bits per heavy atom. The minimum absolute atomic E-state index is 0.194. The summed E-state index contributed by atoms with van der Waals surface area (Å²) in [5.74, 6) is 0.194. The Hall–Kier alpha value is -0.830. The highest BCUT2D eigenvalue weighted by molar-refractivity contribution is 5.79. The molecule has 1 rings (SSSR count). The van der Waals surface area contributed by atoms with Gasteiger partial charge in [-0.2, -0.15) is 0 Å². The maximum atomic E-state index is 11.5. The Bertz CT molecular complexity index is 214. The van der Waals surface area contributed by atoms with E-state index in [1.54, 1.807) is 4.90 Å². The van der Waals surface area contributed by atoms with Gasteiger partial charge in [0.05, 0.1) is 6.54 Å². The molecule has 0 atom stereocenters. The Morgan fingerprint density at radius 1 is 1.40 bits per heavy atom. The fourth-order valence-electron chi connectivity index (χ4n) is 1.67. The SMILES string of the molecule is CCCCCCNCC(=O)N1C=CCC1. The number of rotatable bonds is 7. The van der Waals surface area contributed by atoms with Crippen LogP contribution in [0.3, 0.4) is 0 Å². The van der Waals surface area contributed by atoms with E-state index in [1.807, 2.05) is 12.3 Å². The van der Waals surface area contributed by atoms with Crippen molar-refractivity contribution in [1.82, 2.24) is 10.2 Å². The third-order valence-corrected chi connectivity index (χ3v) is 2.63. The molecule has 3 heteroatoms. The van der Waals surface area contributed by atoms with Crippen LogP contribution in [0.2, 0.25) is 0 Å². The maximum Gasteiger partial charge on any atom is 0.240 e. The molecule has 1 aliphatic heterocycles. The minimum Gasteiger partial charge on any atom is -0.318 e. The lowest BCUT2D eigenvalue weighted by atomic mass is 10.2. The first-order chi connectivity index (χ1) is 7.34. The fraction of sp³-hybridized carbons (Fsp3) is 0.750. The first kappa shape index (κ1) is 12.2. The first-order valence-electron chi connectivity index (χ1n) is 6.01. The Kier molecular flexibility index (Phi) is 6.09. The van der Waals surface area contributed by atoms with Crippen molar-refractivity contribution in [1.29, 1.82) is 0 Å². The van der Waals surface area contributed by atoms with Crippen LogP contribution < -0.4 is 5.32 Å². The van der Waals surface area contributed by atoms with E-state index in [-0.39, 0.29) is 5.91 Å². The first-order valence-corrected chi connectivity index (χ1v) is 6.01. The average molecular weight is 210 g/mol. The number of carbonyl (C=O) groups is 1. The van der Waals surface area contributed by atoms with Gasteiger partial charge in [0.15, 0.2) is 0 Å². The van der Waals surface area contributed by atoms with Gasteiger partial charge >= 0.3 is 0 Å². The van der Waals surface area contributed by atoms with E-state index >= 15 is 0 Å². The van der Waals surface area contributed by atoms with Crippen molar-refractivity contribution in [2.75, 3.05) is 19.6 Å². The highest BCUT2D eigenvalue weighted by Gasteiger charge is 2.11. The Labute approximate surface area is 92.5 Å². The number of unbranched alkanes of at least 4 members (excludes halogenated alkanes) is 3. The van der Waals surface area contributed by atoms with Crippen LogP contribution in [0.15, 0.2) is 12.3 Å². The topological polar surface area (TPSA) is 32.3 Å². The number of amides is 1. The molecule has 0 fully saturated rings. The molecule has 0 aromatic heterocycles. The maximum absolute atomic E-state index is 11.5. The molecule has 0 bridgehead atoms. The molecular weight excluding hydrogens is 188 g/mol. The van der Waals surface area contributed by atoms with Crippen LogP contribution in [0.5, 0.6) is 0 Å². The van der Waals surface area contributed by atoms with Crippen LogP contribution in [0.25, 0.3) is 0 Å². The van der Waals surface area contributed by atoms with Crippen molar-refractivity contribution in [2.45, 2.75) is 39.0 Å². The highest BCUT2D eigenvalue weighted by atomic mass is 16.2. The fourth-order valence-corrected chi connectivity index (χ4v) is 1.67. The van der Waals surface area contributed by atoms with Gasteiger partial charge in [0.2, 0.25) is 5.91 Å². The lowest BCUT2D eigenvalue weighted by molar-refractivity contribution is -0.127. The molecule has 15 heavy (non-hydrogen) atoms. The van der Waals surface area contributed by atoms with Crippen molar-refractivity contribution < 1.29 is 4.79 Å². The summed E-state index contributed by atoms with van der Waals surface area (Å²) in [5.41, 5.74) is 0. The van der Waals surface area contributed by atoms with Crippen LogP contribution in [0.1, 0.15) is 39.0 Å². The van der Waals surface area contributed by atoms with Gasteiger partial charge in [-0.25, -0.2) is 0 Å². The summed E-state index contributed by atoms with van der Waals surface area (Å²) in [5, 5.41) is 3.20. The van der Waals surface area contributed by atoms with E-state index in [0.717, 1.165) is 19.5 Å². The van der Waals surface area contributed by atoms with E-state index < -0.39 is 0 Å². The van der Waals surface area contributed by atoms with Crippen molar-refractivity contribution in [2.24, 2.45) is 0 Å². The van der Waals surface area contributed by atoms with Gasteiger partial charge in [0.1, 0.15) is 0 Å². The molecule has 3 nitrogen and oxygen atoms in total. The van der Waals surface area contributed by atoms with Crippen molar-refractivity contribution in [3.63, 3.8) is 0 Å². The van der Waals surface area contributed by atoms with Crippen LogP contribution in [-0.4, -0.2) is 30.4 Å². The van der Waals surface area contributed by atoms with Gasteiger partial charge in [-0.3, -0.25) is 4.79 Å². The lowest BCUT2D eigenvalue weighted by Gasteiger charge is -2.13. The normalized spacial score (nSPS) is 14.9. The zero-order valence-corrected chi connectivity index (χ0v) is 9.67. The molecule has 0 aliphatic carbocycles. The Balaban J connectivity index is 1.95. The number of hydrogen-bond donors (Lipinski definition) is 1. The molecule has 0 spiro atoms. The van der Waals surface area contributed by atoms with E-state index in [4.69, 9.17) is 0 Å². The quantitative estimate of drug-likeness (QED) is 0.651. The molecular formula is C12H22N2O. The lowest BCUT2D eigenvalue weighted by Crippen LogP contribution is -2.34. The number of hydrogen-bond acceptors (Lipinski definition) is 2. The average Bonchev–Trinajstić information content (AvgIpc) is 2.76. The van der Waals surface area contributed by atoms with Gasteiger partial charge in [-0.05, 0) is 19.4 Å². The second-order valence-corrected chi connectivity index (χ2v) is 4.00. The summed E-state index contributed by atoms with van der Waals surface area (Å²) in [4.78, 5) is 13.3. The monoisotopic (exact) mass is 210 g/mol. The number of nitrogens with zero attached hydrogens (tertiary/aromatic N) is 1. The second kappa shape index (κ2) is 7.46. The predicted octanol–water partition coefficient (Wildman–Crippen LogP) is 1.90. The number of nitrogens with one attached hydrogen (secondary N) is 1. The van der Waals surface area contributed by atoms with E-state index in [9.17, 15) is 4.79 Å². The molecule has 1 heterocycles. The smallest absolute Gasteiger partial charge is 0.240 e. The highest BCUT2D eigenvalue weighted by Crippen LogP contribution is 2.03. The van der Waals surface area contributed by atoms with E-state index in [1.165, 1.54) is 25.7 Å². The number of carbonyl (C=O) groups excluding carboxylic acids is 1. The standard InChI is InChI=1S/C12H22N2O/c1-2-3-4-5-8-13-11-12(15)14-9-6-7-10-14/h6,9,13H,2-5,7-8,10-11H2,1H3. The van der Waals surface area contributed by atoms with Crippen LogP contribution >= 0.6 is 0 Å². The zero-order valence-electron chi connectivity index (χ0n) is 9.67. The molecule has 0 aromatic rings. The molecule has 0 unspecified atom stereocenters. The Morgan fingerprint density at radius 3 is 2.93 bits per heavy atom. The van der Waals surface area contributed by atoms with E-state index in [0.29, 0.717) is 6.54 Å². The summed E-state index contributed by atoms with van der Waals surface area (Å²) >= 11 is 0. The van der Waals surface area contributed by atoms with E-state index in [2.05, 4.69) is 12.2 Å². The molecule has 1 amide bonds. The summed E-state index contributed by atoms with van der Waals surface area (Å²) in [6.07, 6.45) is 9.93. The summed E-state index contributed by atoms with van der Waals surface area (Å²) < 4.78 is 0. The van der Waals surface area contributed by atoms with Crippen LogP contribution in [-0.2, 0) is 4.79 Å². The summed E-state index contributed by atoms with van der Waals surface area (Å²) in [7, 11) is 0. The molecule has 0 aromatic carbocycles. The molecule has 1 N–H and O–H groups in total. The van der Waals surface area contributed by atoms with Crippen molar-refractivity contribution >= 4 is 5.91 Å². The van der Waals surface area contributed by atoms with Crippen LogP contribution in [0, 0.1) is 0 Å². The van der Waals surface area contributed by atoms with Crippen molar-refractivity contribution in [3.05, 3.63) is 12.3 Å². The van der Waals surface area contributed by atoms with Crippen LogP contribution in [0.4, 0.5) is 0 Å². The van der Waals surface area contributed by atoms with Gasteiger partial charge in [-0.15, -0.1) is 0 Å². The third-order valence-electron chi connectivity index (χ3n) is 2.63. The van der Waals surface area contributed by atoms with Gasteiger partial charge in [-0.1, -0.05) is 32.3 Å². The third kappa shape index (κ3) is 4.98. The van der Waals surface area contributed by atoms with Gasteiger partial charge < -0.3 is 10.2 Å². The molecule has 0 saturated carbocycles. The molecule has 0 saturated heterocycles. The zero-order chi connectivity index (χ0) is 10.9. The largest absolute Gasteiger partial charge is 0.318 e. The molecule has 1 aliphatic rings. The summed E-state index contributed by atoms with van der Waals surface area (Å²) in [6, 6.07) is 0. The van der Waals surface area contributed by atoms with Gasteiger partial charge in [0, 0.05) is 12.7 Å². The second-order valence-electron chi connectivity index (χ2n) is 4.00. The minimum atomic E-state index is 0.194. The predicted molar refractivity (Wildman–Crippen MR) is 62.5 cm³/mol. The van der Waals surface area contributed by atoms with Gasteiger partial charge in [0.25, 0.3) is 0 Å². The summed E-state index contributed by atoms with van der Waals surface area (Å²) in [6.45, 7) is 4.51. The van der Waals surface area contributed by atoms with Crippen molar-refractivity contribution in [3.8, 4) is 0 Å². The molecule has 86 valence electrons.